The topological polar surface area (TPSA) is 73.4 Å². The van der Waals surface area contributed by atoms with Crippen molar-refractivity contribution in [2.24, 2.45) is 18.2 Å². The van der Waals surface area contributed by atoms with Gasteiger partial charge in [-0.25, -0.2) is 4.98 Å². The molecule has 2 atom stereocenters. The fourth-order valence-corrected chi connectivity index (χ4v) is 2.97. The highest BCUT2D eigenvalue weighted by Gasteiger charge is 2.63. The number of carbonyl (C=O) groups excluding carboxylic acids is 1. The molecule has 1 amide bonds. The van der Waals surface area contributed by atoms with Gasteiger partial charge in [0.15, 0.2) is 0 Å². The van der Waals surface area contributed by atoms with Crippen LogP contribution in [0.4, 0.5) is 0 Å². The molecule has 1 saturated carbocycles. The molecule has 1 aromatic heterocycles. The van der Waals surface area contributed by atoms with E-state index >= 15 is 0 Å². The highest BCUT2D eigenvalue weighted by molar-refractivity contribution is 5.88. The molecule has 0 aliphatic heterocycles. The Labute approximate surface area is 126 Å². The average molecular weight is 294 g/mol. The van der Waals surface area contributed by atoms with E-state index in [0.29, 0.717) is 19.6 Å². The SMILES string of the molecule is CCOC1CC(N)(C(=O)N(C)Cc2nccn2C)C1(C)C. The lowest BCUT2D eigenvalue weighted by Crippen LogP contribution is -2.75. The zero-order valence-electron chi connectivity index (χ0n) is 13.6. The highest BCUT2D eigenvalue weighted by atomic mass is 16.5. The number of nitrogens with two attached hydrogens (primary N) is 1. The van der Waals surface area contributed by atoms with E-state index in [4.69, 9.17) is 10.5 Å². The predicted octanol–water partition coefficient (Wildman–Crippen LogP) is 0.911. The van der Waals surface area contributed by atoms with Crippen LogP contribution in [-0.4, -0.2) is 45.7 Å². The minimum absolute atomic E-state index is 0.0398. The monoisotopic (exact) mass is 294 g/mol. The lowest BCUT2D eigenvalue weighted by atomic mass is 9.54. The average Bonchev–Trinajstić information content (AvgIpc) is 2.82. The Bertz CT molecular complexity index is 525. The molecule has 2 N–H and O–H groups in total. The first-order chi connectivity index (χ1) is 9.74. The molecule has 1 fully saturated rings. The Morgan fingerprint density at radius 1 is 1.62 bits per heavy atom. The van der Waals surface area contributed by atoms with Crippen molar-refractivity contribution >= 4 is 5.91 Å². The zero-order valence-corrected chi connectivity index (χ0v) is 13.6. The molecule has 1 aromatic rings. The van der Waals surface area contributed by atoms with Gasteiger partial charge in [0.2, 0.25) is 5.91 Å². The molecular formula is C15H26N4O2. The number of aryl methyl sites for hydroxylation is 1. The Morgan fingerprint density at radius 3 is 2.76 bits per heavy atom. The number of nitrogens with zero attached hydrogens (tertiary/aromatic N) is 3. The van der Waals surface area contributed by atoms with Crippen molar-refractivity contribution in [3.05, 3.63) is 18.2 Å². The van der Waals surface area contributed by atoms with Crippen molar-refractivity contribution in [2.45, 2.75) is 45.4 Å². The van der Waals surface area contributed by atoms with E-state index in [9.17, 15) is 4.79 Å². The zero-order chi connectivity index (χ0) is 15.8. The maximum Gasteiger partial charge on any atom is 0.243 e. The summed E-state index contributed by atoms with van der Waals surface area (Å²) in [5, 5.41) is 0. The summed E-state index contributed by atoms with van der Waals surface area (Å²) in [5.41, 5.74) is 5.18. The van der Waals surface area contributed by atoms with Crippen LogP contribution in [0, 0.1) is 5.41 Å². The maximum atomic E-state index is 12.8. The number of aromatic nitrogens is 2. The number of ether oxygens (including phenoxy) is 1. The largest absolute Gasteiger partial charge is 0.378 e. The van der Waals surface area contributed by atoms with Gasteiger partial charge < -0.3 is 19.9 Å². The van der Waals surface area contributed by atoms with Gasteiger partial charge in [0.05, 0.1) is 12.6 Å². The van der Waals surface area contributed by atoms with Gasteiger partial charge in [-0.15, -0.1) is 0 Å². The molecule has 6 heteroatoms. The quantitative estimate of drug-likeness (QED) is 0.876. The second kappa shape index (κ2) is 5.42. The van der Waals surface area contributed by atoms with Gasteiger partial charge in [-0.3, -0.25) is 4.79 Å². The molecule has 1 heterocycles. The fourth-order valence-electron chi connectivity index (χ4n) is 2.97. The van der Waals surface area contributed by atoms with E-state index < -0.39 is 5.54 Å². The van der Waals surface area contributed by atoms with E-state index in [1.54, 1.807) is 18.1 Å². The summed E-state index contributed by atoms with van der Waals surface area (Å²) in [7, 11) is 3.69. The lowest BCUT2D eigenvalue weighted by Gasteiger charge is -2.58. The van der Waals surface area contributed by atoms with Crippen molar-refractivity contribution in [2.75, 3.05) is 13.7 Å². The molecule has 6 nitrogen and oxygen atoms in total. The summed E-state index contributed by atoms with van der Waals surface area (Å²) in [4.78, 5) is 18.7. The van der Waals surface area contributed by atoms with Crippen LogP contribution in [0.2, 0.25) is 0 Å². The van der Waals surface area contributed by atoms with Gasteiger partial charge in [-0.05, 0) is 6.92 Å². The number of carbonyl (C=O) groups is 1. The summed E-state index contributed by atoms with van der Waals surface area (Å²) >= 11 is 0. The molecule has 1 aliphatic rings. The first kappa shape index (κ1) is 16.0. The smallest absolute Gasteiger partial charge is 0.243 e. The van der Waals surface area contributed by atoms with Gasteiger partial charge in [0.1, 0.15) is 11.4 Å². The van der Waals surface area contributed by atoms with Gasteiger partial charge in [0, 0.05) is 44.9 Å². The molecule has 21 heavy (non-hydrogen) atoms. The van der Waals surface area contributed by atoms with E-state index in [2.05, 4.69) is 4.98 Å². The highest BCUT2D eigenvalue weighted by Crippen LogP contribution is 2.50. The number of hydrogen-bond donors (Lipinski definition) is 1. The normalized spacial score (nSPS) is 27.2. The molecule has 118 valence electrons. The van der Waals surface area contributed by atoms with E-state index in [1.165, 1.54) is 0 Å². The molecule has 2 rings (SSSR count). The van der Waals surface area contributed by atoms with Crippen LogP contribution in [0.5, 0.6) is 0 Å². The third kappa shape index (κ3) is 2.46. The lowest BCUT2D eigenvalue weighted by molar-refractivity contribution is -0.178. The first-order valence-electron chi connectivity index (χ1n) is 7.36. The Hall–Kier alpha value is -1.40. The molecule has 1 aliphatic carbocycles. The summed E-state index contributed by atoms with van der Waals surface area (Å²) in [6.07, 6.45) is 4.20. The number of imidazole rings is 1. The first-order valence-corrected chi connectivity index (χ1v) is 7.36. The standard InChI is InChI=1S/C15H26N4O2/c1-6-21-11-9-15(16,14(11,2)3)13(20)19(5)10-12-17-7-8-18(12)4/h7-8,11H,6,9-10,16H2,1-5H3. The van der Waals surface area contributed by atoms with Crippen LogP contribution in [0.3, 0.4) is 0 Å². The number of amides is 1. The van der Waals surface area contributed by atoms with Crippen LogP contribution in [-0.2, 0) is 23.1 Å². The van der Waals surface area contributed by atoms with Crippen LogP contribution in [0.25, 0.3) is 0 Å². The second-order valence-corrected chi connectivity index (χ2v) is 6.46. The summed E-state index contributed by atoms with van der Waals surface area (Å²) in [6, 6.07) is 0. The van der Waals surface area contributed by atoms with Crippen molar-refractivity contribution < 1.29 is 9.53 Å². The molecular weight excluding hydrogens is 268 g/mol. The van der Waals surface area contributed by atoms with E-state index in [0.717, 1.165) is 5.82 Å². The Kier molecular flexibility index (Phi) is 4.13. The van der Waals surface area contributed by atoms with Crippen LogP contribution >= 0.6 is 0 Å². The minimum atomic E-state index is -0.868. The number of likely N-dealkylation sites (N-methyl/N-ethyl adjacent to an activating group) is 1. The van der Waals surface area contributed by atoms with Crippen molar-refractivity contribution in [3.63, 3.8) is 0 Å². The maximum absolute atomic E-state index is 12.8. The predicted molar refractivity (Wildman–Crippen MR) is 80.4 cm³/mol. The number of rotatable bonds is 5. The fraction of sp³-hybridized carbons (Fsp3) is 0.733. The van der Waals surface area contributed by atoms with Gasteiger partial charge in [0.25, 0.3) is 0 Å². The van der Waals surface area contributed by atoms with Crippen molar-refractivity contribution in [3.8, 4) is 0 Å². The van der Waals surface area contributed by atoms with Crippen molar-refractivity contribution in [1.82, 2.24) is 14.5 Å². The third-order valence-electron chi connectivity index (χ3n) is 4.86. The minimum Gasteiger partial charge on any atom is -0.378 e. The van der Waals surface area contributed by atoms with Gasteiger partial charge in [-0.1, -0.05) is 13.8 Å². The van der Waals surface area contributed by atoms with Crippen molar-refractivity contribution in [1.29, 1.82) is 0 Å². The number of hydrogen-bond acceptors (Lipinski definition) is 4. The summed E-state index contributed by atoms with van der Waals surface area (Å²) in [5.74, 6) is 0.791. The van der Waals surface area contributed by atoms with Crippen LogP contribution < -0.4 is 5.73 Å². The Balaban J connectivity index is 2.08. The summed E-state index contributed by atoms with van der Waals surface area (Å²) in [6.45, 7) is 7.06. The second-order valence-electron chi connectivity index (χ2n) is 6.46. The molecule has 0 aromatic carbocycles. The van der Waals surface area contributed by atoms with E-state index in [-0.39, 0.29) is 17.4 Å². The molecule has 2 unspecified atom stereocenters. The molecule has 0 radical (unpaired) electrons. The molecule has 0 bridgehead atoms. The van der Waals surface area contributed by atoms with E-state index in [1.807, 2.05) is 38.6 Å². The van der Waals surface area contributed by atoms with Crippen LogP contribution in [0.1, 0.15) is 33.0 Å². The Morgan fingerprint density at radius 2 is 2.29 bits per heavy atom. The summed E-state index contributed by atoms with van der Waals surface area (Å²) < 4.78 is 7.58. The van der Waals surface area contributed by atoms with Gasteiger partial charge >= 0.3 is 0 Å². The van der Waals surface area contributed by atoms with Crippen LogP contribution in [0.15, 0.2) is 12.4 Å². The molecule has 0 spiro atoms. The third-order valence-corrected chi connectivity index (χ3v) is 4.86. The molecule has 0 saturated heterocycles. The van der Waals surface area contributed by atoms with Gasteiger partial charge in [-0.2, -0.15) is 0 Å².